The van der Waals surface area contributed by atoms with Gasteiger partial charge in [-0.05, 0) is 33.7 Å². The number of piperazine rings is 1. The fourth-order valence-corrected chi connectivity index (χ4v) is 2.99. The van der Waals surface area contributed by atoms with Gasteiger partial charge in [-0.2, -0.15) is 0 Å². The van der Waals surface area contributed by atoms with E-state index in [4.69, 9.17) is 5.73 Å². The van der Waals surface area contributed by atoms with Gasteiger partial charge in [0.05, 0.1) is 5.54 Å². The highest BCUT2D eigenvalue weighted by atomic mass is 16.2. The molecule has 0 aromatic rings. The molecule has 0 saturated carbocycles. The molecule has 2 aliphatic rings. The van der Waals surface area contributed by atoms with Crippen molar-refractivity contribution in [1.29, 1.82) is 0 Å². The van der Waals surface area contributed by atoms with Gasteiger partial charge in [-0.3, -0.25) is 9.69 Å². The van der Waals surface area contributed by atoms with Crippen LogP contribution < -0.4 is 5.73 Å². The second-order valence-corrected chi connectivity index (χ2v) is 6.48. The van der Waals surface area contributed by atoms with E-state index in [9.17, 15) is 4.79 Å². The molecule has 0 aromatic heterocycles. The quantitative estimate of drug-likeness (QED) is 0.764. The minimum Gasteiger partial charge on any atom is -0.341 e. The molecular weight excluding hydrogens is 240 g/mol. The molecule has 0 aliphatic carbocycles. The van der Waals surface area contributed by atoms with Crippen molar-refractivity contribution in [2.24, 2.45) is 5.73 Å². The maximum atomic E-state index is 12.7. The van der Waals surface area contributed by atoms with E-state index < -0.39 is 0 Å². The van der Waals surface area contributed by atoms with Crippen molar-refractivity contribution in [1.82, 2.24) is 14.7 Å². The molecule has 0 aromatic carbocycles. The Balaban J connectivity index is 1.96. The Bertz CT molecular complexity index is 315. The largest absolute Gasteiger partial charge is 0.341 e. The van der Waals surface area contributed by atoms with Crippen LogP contribution in [0.25, 0.3) is 0 Å². The first-order valence-corrected chi connectivity index (χ1v) is 7.40. The molecule has 0 unspecified atom stereocenters. The highest BCUT2D eigenvalue weighted by molar-refractivity contribution is 5.85. The molecule has 0 radical (unpaired) electrons. The summed E-state index contributed by atoms with van der Waals surface area (Å²) in [4.78, 5) is 19.4. The van der Waals surface area contributed by atoms with E-state index in [1.807, 2.05) is 4.90 Å². The van der Waals surface area contributed by atoms with E-state index in [0.717, 1.165) is 52.1 Å². The summed E-state index contributed by atoms with van der Waals surface area (Å²) in [6, 6.07) is 0.274. The summed E-state index contributed by atoms with van der Waals surface area (Å²) in [7, 11) is 2.14. The molecule has 0 atom stereocenters. The number of nitrogens with two attached hydrogens (primary N) is 1. The number of hydrogen-bond acceptors (Lipinski definition) is 4. The average Bonchev–Trinajstić information content (AvgIpc) is 2.39. The van der Waals surface area contributed by atoms with Gasteiger partial charge in [0, 0.05) is 45.3 Å². The molecule has 2 N–H and O–H groups in total. The first kappa shape index (κ1) is 14.8. The molecule has 2 saturated heterocycles. The Kier molecular flexibility index (Phi) is 4.48. The Morgan fingerprint density at radius 2 is 1.58 bits per heavy atom. The molecule has 110 valence electrons. The van der Waals surface area contributed by atoms with E-state index in [1.165, 1.54) is 0 Å². The topological polar surface area (TPSA) is 52.8 Å². The Morgan fingerprint density at radius 1 is 1.05 bits per heavy atom. The lowest BCUT2D eigenvalue weighted by Gasteiger charge is -2.45. The number of piperidine rings is 1. The normalized spacial score (nSPS) is 24.7. The molecule has 2 heterocycles. The fraction of sp³-hybridized carbons (Fsp3) is 0.929. The summed E-state index contributed by atoms with van der Waals surface area (Å²) in [5.41, 5.74) is 5.52. The third kappa shape index (κ3) is 3.27. The van der Waals surface area contributed by atoms with Crippen molar-refractivity contribution >= 4 is 5.91 Å². The Hall–Kier alpha value is -0.650. The van der Waals surface area contributed by atoms with Crippen LogP contribution >= 0.6 is 0 Å². The first-order chi connectivity index (χ1) is 8.91. The van der Waals surface area contributed by atoms with Gasteiger partial charge in [0.15, 0.2) is 0 Å². The first-order valence-electron chi connectivity index (χ1n) is 7.40. The summed E-state index contributed by atoms with van der Waals surface area (Å²) in [5.74, 6) is 0.268. The molecule has 19 heavy (non-hydrogen) atoms. The molecular formula is C14H28N4O. The zero-order chi connectivity index (χ0) is 14.0. The standard InChI is InChI=1S/C14H28N4O/c1-14(2,18-10-8-16(3)9-11-18)13(19)17-6-4-12(15)5-7-17/h12H,4-11,15H2,1-3H3. The van der Waals surface area contributed by atoms with E-state index in [0.29, 0.717) is 0 Å². The minimum atomic E-state index is -0.386. The van der Waals surface area contributed by atoms with Crippen LogP contribution in [-0.4, -0.2) is 78.5 Å². The van der Waals surface area contributed by atoms with Gasteiger partial charge in [-0.25, -0.2) is 0 Å². The lowest BCUT2D eigenvalue weighted by Crippen LogP contribution is -2.61. The highest BCUT2D eigenvalue weighted by Crippen LogP contribution is 2.21. The third-order valence-electron chi connectivity index (χ3n) is 4.64. The molecule has 5 heteroatoms. The van der Waals surface area contributed by atoms with Crippen LogP contribution in [0.3, 0.4) is 0 Å². The van der Waals surface area contributed by atoms with Gasteiger partial charge in [0.1, 0.15) is 0 Å². The minimum absolute atomic E-state index is 0.268. The monoisotopic (exact) mass is 268 g/mol. The lowest BCUT2D eigenvalue weighted by atomic mass is 9.97. The second kappa shape index (κ2) is 5.77. The van der Waals surface area contributed by atoms with Crippen LogP contribution in [0, 0.1) is 0 Å². The maximum absolute atomic E-state index is 12.7. The molecule has 0 spiro atoms. The lowest BCUT2D eigenvalue weighted by molar-refractivity contribution is -0.145. The molecule has 2 aliphatic heterocycles. The molecule has 2 fully saturated rings. The van der Waals surface area contributed by atoms with Crippen LogP contribution in [0.4, 0.5) is 0 Å². The van der Waals surface area contributed by atoms with Crippen LogP contribution in [0.2, 0.25) is 0 Å². The fourth-order valence-electron chi connectivity index (χ4n) is 2.99. The van der Waals surface area contributed by atoms with Crippen molar-refractivity contribution in [3.05, 3.63) is 0 Å². The third-order valence-corrected chi connectivity index (χ3v) is 4.64. The van der Waals surface area contributed by atoms with Gasteiger partial charge < -0.3 is 15.5 Å². The number of nitrogens with zero attached hydrogens (tertiary/aromatic N) is 3. The summed E-state index contributed by atoms with van der Waals surface area (Å²) in [6.07, 6.45) is 1.87. The molecule has 1 amide bonds. The summed E-state index contributed by atoms with van der Waals surface area (Å²) < 4.78 is 0. The Labute approximate surface area is 116 Å². The van der Waals surface area contributed by atoms with Gasteiger partial charge in [0.2, 0.25) is 5.91 Å². The predicted molar refractivity (Wildman–Crippen MR) is 76.9 cm³/mol. The smallest absolute Gasteiger partial charge is 0.242 e. The number of amides is 1. The molecule has 0 bridgehead atoms. The van der Waals surface area contributed by atoms with Crippen molar-refractivity contribution in [3.8, 4) is 0 Å². The van der Waals surface area contributed by atoms with Crippen molar-refractivity contribution < 1.29 is 4.79 Å². The number of hydrogen-bond donors (Lipinski definition) is 1. The zero-order valence-electron chi connectivity index (χ0n) is 12.6. The summed E-state index contributed by atoms with van der Waals surface area (Å²) in [5, 5.41) is 0. The van der Waals surface area contributed by atoms with Crippen molar-refractivity contribution in [2.45, 2.75) is 38.3 Å². The van der Waals surface area contributed by atoms with Gasteiger partial charge in [0.25, 0.3) is 0 Å². The number of carbonyl (C=O) groups excluding carboxylic acids is 1. The number of likely N-dealkylation sites (tertiary alicyclic amines) is 1. The average molecular weight is 268 g/mol. The van der Waals surface area contributed by atoms with Crippen LogP contribution in [-0.2, 0) is 4.79 Å². The maximum Gasteiger partial charge on any atom is 0.242 e. The summed E-state index contributed by atoms with van der Waals surface area (Å²) in [6.45, 7) is 9.80. The van der Waals surface area contributed by atoms with E-state index in [1.54, 1.807) is 0 Å². The van der Waals surface area contributed by atoms with Gasteiger partial charge >= 0.3 is 0 Å². The van der Waals surface area contributed by atoms with E-state index >= 15 is 0 Å². The zero-order valence-corrected chi connectivity index (χ0v) is 12.6. The van der Waals surface area contributed by atoms with Crippen LogP contribution in [0.1, 0.15) is 26.7 Å². The SMILES string of the molecule is CN1CCN(C(C)(C)C(=O)N2CCC(N)CC2)CC1. The van der Waals surface area contributed by atoms with Crippen LogP contribution in [0.5, 0.6) is 0 Å². The number of rotatable bonds is 2. The second-order valence-electron chi connectivity index (χ2n) is 6.48. The molecule has 5 nitrogen and oxygen atoms in total. The van der Waals surface area contributed by atoms with Crippen molar-refractivity contribution in [3.63, 3.8) is 0 Å². The van der Waals surface area contributed by atoms with Gasteiger partial charge in [-0.1, -0.05) is 0 Å². The predicted octanol–water partition coefficient (Wildman–Crippen LogP) is -0.0379. The van der Waals surface area contributed by atoms with Crippen LogP contribution in [0.15, 0.2) is 0 Å². The molecule has 2 rings (SSSR count). The number of carbonyl (C=O) groups is 1. The number of likely N-dealkylation sites (N-methyl/N-ethyl adjacent to an activating group) is 1. The Morgan fingerprint density at radius 3 is 2.11 bits per heavy atom. The van der Waals surface area contributed by atoms with E-state index in [2.05, 4.69) is 30.7 Å². The van der Waals surface area contributed by atoms with Gasteiger partial charge in [-0.15, -0.1) is 0 Å². The highest BCUT2D eigenvalue weighted by Gasteiger charge is 2.39. The van der Waals surface area contributed by atoms with Crippen molar-refractivity contribution in [2.75, 3.05) is 46.3 Å². The van der Waals surface area contributed by atoms with E-state index in [-0.39, 0.29) is 17.5 Å². The summed E-state index contributed by atoms with van der Waals surface area (Å²) >= 11 is 0.